The minimum atomic E-state index is 1.04. The molecular formula is C11H15BrN2. The fourth-order valence-electron chi connectivity index (χ4n) is 1.53. The van der Waals surface area contributed by atoms with E-state index in [4.69, 9.17) is 0 Å². The van der Waals surface area contributed by atoms with Gasteiger partial charge in [-0.3, -0.25) is 0 Å². The Morgan fingerprint density at radius 2 is 1.93 bits per heavy atom. The third-order valence-electron chi connectivity index (χ3n) is 2.55. The first-order valence-corrected chi connectivity index (χ1v) is 5.86. The highest BCUT2D eigenvalue weighted by Gasteiger charge is 2.11. The highest BCUT2D eigenvalue weighted by atomic mass is 79.9. The minimum absolute atomic E-state index is 1.04. The Morgan fingerprint density at radius 1 is 1.21 bits per heavy atom. The summed E-state index contributed by atoms with van der Waals surface area (Å²) in [5, 5.41) is 3.41. The summed E-state index contributed by atoms with van der Waals surface area (Å²) in [6.45, 7) is 4.77. The molecule has 2 rings (SSSR count). The van der Waals surface area contributed by atoms with E-state index in [1.165, 1.54) is 25.2 Å². The summed E-state index contributed by atoms with van der Waals surface area (Å²) in [5.74, 6) is 0. The largest absolute Gasteiger partial charge is 0.384 e. The van der Waals surface area contributed by atoms with E-state index in [-0.39, 0.29) is 0 Å². The Morgan fingerprint density at radius 3 is 2.50 bits per heavy atom. The minimum Gasteiger partial charge on any atom is -0.384 e. The highest BCUT2D eigenvalue weighted by molar-refractivity contribution is 9.10. The van der Waals surface area contributed by atoms with E-state index >= 15 is 0 Å². The van der Waals surface area contributed by atoms with E-state index in [1.807, 2.05) is 0 Å². The molecule has 1 aromatic carbocycles. The summed E-state index contributed by atoms with van der Waals surface area (Å²) in [5.41, 5.74) is 1.20. The Kier molecular flexibility index (Phi) is 3.43. The zero-order valence-electron chi connectivity index (χ0n) is 8.17. The maximum atomic E-state index is 3.42. The van der Waals surface area contributed by atoms with Gasteiger partial charge < -0.3 is 10.2 Å². The van der Waals surface area contributed by atoms with Gasteiger partial charge in [0.15, 0.2) is 0 Å². The summed E-state index contributed by atoms with van der Waals surface area (Å²) in [7, 11) is 0. The first kappa shape index (κ1) is 9.99. The molecule has 0 spiro atoms. The van der Waals surface area contributed by atoms with Crippen molar-refractivity contribution in [2.24, 2.45) is 0 Å². The van der Waals surface area contributed by atoms with Gasteiger partial charge in [0, 0.05) is 23.2 Å². The van der Waals surface area contributed by atoms with E-state index in [1.54, 1.807) is 0 Å². The standard InChI is InChI=1S/C11H15BrN2/c12-10-2-4-11(5-3-10)13-6-9-14-7-1-8-14/h2-5,13H,1,6-9H2. The lowest BCUT2D eigenvalue weighted by Gasteiger charge is -2.30. The van der Waals surface area contributed by atoms with Crippen LogP contribution in [0.5, 0.6) is 0 Å². The number of nitrogens with zero attached hydrogens (tertiary/aromatic N) is 1. The van der Waals surface area contributed by atoms with E-state index in [0.717, 1.165) is 17.6 Å². The summed E-state index contributed by atoms with van der Waals surface area (Å²) in [6, 6.07) is 8.32. The van der Waals surface area contributed by atoms with Crippen LogP contribution in [0.15, 0.2) is 28.7 Å². The monoisotopic (exact) mass is 254 g/mol. The number of hydrogen-bond acceptors (Lipinski definition) is 2. The van der Waals surface area contributed by atoms with Crippen molar-refractivity contribution in [3.05, 3.63) is 28.7 Å². The number of halogens is 1. The van der Waals surface area contributed by atoms with Gasteiger partial charge >= 0.3 is 0 Å². The molecule has 0 radical (unpaired) electrons. The van der Waals surface area contributed by atoms with Crippen molar-refractivity contribution in [2.75, 3.05) is 31.5 Å². The average molecular weight is 255 g/mol. The normalized spacial score (nSPS) is 16.4. The van der Waals surface area contributed by atoms with Crippen LogP contribution in [0.3, 0.4) is 0 Å². The maximum absolute atomic E-state index is 3.42. The molecule has 1 saturated heterocycles. The van der Waals surface area contributed by atoms with Gasteiger partial charge in [-0.1, -0.05) is 15.9 Å². The third-order valence-corrected chi connectivity index (χ3v) is 3.08. The molecule has 0 aliphatic carbocycles. The van der Waals surface area contributed by atoms with Gasteiger partial charge in [-0.25, -0.2) is 0 Å². The zero-order chi connectivity index (χ0) is 9.80. The summed E-state index contributed by atoms with van der Waals surface area (Å²) in [4.78, 5) is 2.46. The Labute approximate surface area is 93.4 Å². The summed E-state index contributed by atoms with van der Waals surface area (Å²) >= 11 is 3.42. The molecule has 14 heavy (non-hydrogen) atoms. The van der Waals surface area contributed by atoms with Crippen LogP contribution in [0.2, 0.25) is 0 Å². The zero-order valence-corrected chi connectivity index (χ0v) is 9.76. The molecule has 1 fully saturated rings. The number of anilines is 1. The highest BCUT2D eigenvalue weighted by Crippen LogP contribution is 2.14. The molecule has 1 aliphatic rings. The first-order chi connectivity index (χ1) is 6.84. The van der Waals surface area contributed by atoms with Gasteiger partial charge in [-0.2, -0.15) is 0 Å². The van der Waals surface area contributed by atoms with Crippen molar-refractivity contribution in [1.82, 2.24) is 4.90 Å². The van der Waals surface area contributed by atoms with Crippen LogP contribution in [0.1, 0.15) is 6.42 Å². The van der Waals surface area contributed by atoms with Crippen molar-refractivity contribution in [1.29, 1.82) is 0 Å². The lowest BCUT2D eigenvalue weighted by Crippen LogP contribution is -2.40. The fourth-order valence-corrected chi connectivity index (χ4v) is 1.80. The van der Waals surface area contributed by atoms with Crippen molar-refractivity contribution >= 4 is 21.6 Å². The number of rotatable bonds is 4. The Bertz CT molecular complexity index is 280. The fraction of sp³-hybridized carbons (Fsp3) is 0.455. The van der Waals surface area contributed by atoms with Crippen molar-refractivity contribution in [2.45, 2.75) is 6.42 Å². The molecule has 0 atom stereocenters. The quantitative estimate of drug-likeness (QED) is 0.889. The molecule has 0 amide bonds. The van der Waals surface area contributed by atoms with Crippen LogP contribution < -0.4 is 5.32 Å². The van der Waals surface area contributed by atoms with Gasteiger partial charge in [0.05, 0.1) is 0 Å². The van der Waals surface area contributed by atoms with Crippen molar-refractivity contribution in [3.8, 4) is 0 Å². The molecule has 1 aliphatic heterocycles. The summed E-state index contributed by atoms with van der Waals surface area (Å²) in [6.07, 6.45) is 1.37. The van der Waals surface area contributed by atoms with E-state index < -0.39 is 0 Å². The molecule has 1 aromatic rings. The SMILES string of the molecule is Brc1ccc(NCCN2CCC2)cc1. The van der Waals surface area contributed by atoms with Gasteiger partial charge in [0.25, 0.3) is 0 Å². The molecule has 0 saturated carbocycles. The lowest BCUT2D eigenvalue weighted by atomic mass is 10.2. The molecule has 76 valence electrons. The molecular weight excluding hydrogens is 240 g/mol. The Hall–Kier alpha value is -0.540. The molecule has 1 heterocycles. The number of likely N-dealkylation sites (tertiary alicyclic amines) is 1. The predicted molar refractivity (Wildman–Crippen MR) is 63.7 cm³/mol. The third kappa shape index (κ3) is 2.72. The van der Waals surface area contributed by atoms with Crippen LogP contribution >= 0.6 is 15.9 Å². The van der Waals surface area contributed by atoms with Gasteiger partial charge in [0.1, 0.15) is 0 Å². The molecule has 0 unspecified atom stereocenters. The van der Waals surface area contributed by atoms with Crippen LogP contribution in [-0.2, 0) is 0 Å². The van der Waals surface area contributed by atoms with Gasteiger partial charge in [0.2, 0.25) is 0 Å². The smallest absolute Gasteiger partial charge is 0.0341 e. The molecule has 1 N–H and O–H groups in total. The van der Waals surface area contributed by atoms with E-state index in [9.17, 15) is 0 Å². The van der Waals surface area contributed by atoms with Gasteiger partial charge in [-0.05, 0) is 43.8 Å². The molecule has 0 aromatic heterocycles. The molecule has 2 nitrogen and oxygen atoms in total. The van der Waals surface area contributed by atoms with Gasteiger partial charge in [-0.15, -0.1) is 0 Å². The van der Waals surface area contributed by atoms with Crippen LogP contribution in [0, 0.1) is 0 Å². The second-order valence-corrected chi connectivity index (χ2v) is 4.54. The van der Waals surface area contributed by atoms with Crippen LogP contribution in [0.25, 0.3) is 0 Å². The predicted octanol–water partition coefficient (Wildman–Crippen LogP) is 2.57. The number of nitrogens with one attached hydrogen (secondary N) is 1. The average Bonchev–Trinajstić information content (AvgIpc) is 2.12. The van der Waals surface area contributed by atoms with Crippen LogP contribution in [0.4, 0.5) is 5.69 Å². The topological polar surface area (TPSA) is 15.3 Å². The lowest BCUT2D eigenvalue weighted by molar-refractivity contribution is 0.189. The second kappa shape index (κ2) is 4.80. The molecule has 3 heteroatoms. The number of benzene rings is 1. The van der Waals surface area contributed by atoms with Crippen LogP contribution in [-0.4, -0.2) is 31.1 Å². The summed E-state index contributed by atoms with van der Waals surface area (Å²) < 4.78 is 1.13. The van der Waals surface area contributed by atoms with E-state index in [0.29, 0.717) is 0 Å². The first-order valence-electron chi connectivity index (χ1n) is 5.06. The second-order valence-electron chi connectivity index (χ2n) is 3.63. The van der Waals surface area contributed by atoms with Crippen molar-refractivity contribution in [3.63, 3.8) is 0 Å². The number of hydrogen-bond donors (Lipinski definition) is 1. The maximum Gasteiger partial charge on any atom is 0.0341 e. The molecule has 0 bridgehead atoms. The van der Waals surface area contributed by atoms with E-state index in [2.05, 4.69) is 50.4 Å². The Balaban J connectivity index is 1.71. The van der Waals surface area contributed by atoms with Crippen molar-refractivity contribution < 1.29 is 0 Å².